The molecule has 32 heavy (non-hydrogen) atoms. The number of para-hydroxylation sites is 1. The highest BCUT2D eigenvalue weighted by Crippen LogP contribution is 2.44. The molecule has 3 N–H and O–H groups in total. The monoisotopic (exact) mass is 432 g/mol. The molecule has 6 nitrogen and oxygen atoms in total. The van der Waals surface area contributed by atoms with E-state index in [0.717, 1.165) is 41.1 Å². The molecule has 2 aromatic carbocycles. The molecule has 0 bridgehead atoms. The Morgan fingerprint density at radius 2 is 1.97 bits per heavy atom. The summed E-state index contributed by atoms with van der Waals surface area (Å²) in [5, 5.41) is 16.5. The van der Waals surface area contributed by atoms with Crippen molar-refractivity contribution in [3.05, 3.63) is 76.1 Å². The zero-order valence-electron chi connectivity index (χ0n) is 18.6. The van der Waals surface area contributed by atoms with Crippen LogP contribution < -0.4 is 15.4 Å². The third kappa shape index (κ3) is 4.00. The molecule has 2 aromatic rings. The first-order chi connectivity index (χ1) is 15.4. The Hall–Kier alpha value is -3.54. The van der Waals surface area contributed by atoms with Crippen molar-refractivity contribution >= 4 is 17.4 Å². The van der Waals surface area contributed by atoms with Crippen LogP contribution in [0.5, 0.6) is 11.5 Å². The zero-order chi connectivity index (χ0) is 22.8. The van der Waals surface area contributed by atoms with E-state index in [4.69, 9.17) is 4.74 Å². The number of carbonyl (C=O) groups is 2. The summed E-state index contributed by atoms with van der Waals surface area (Å²) in [5.41, 5.74) is 5.15. The lowest BCUT2D eigenvalue weighted by molar-refractivity contribution is -0.116. The van der Waals surface area contributed by atoms with E-state index in [0.29, 0.717) is 29.9 Å². The largest absolute Gasteiger partial charge is 0.504 e. The predicted molar refractivity (Wildman–Crippen MR) is 124 cm³/mol. The Labute approximate surface area is 188 Å². The van der Waals surface area contributed by atoms with Crippen molar-refractivity contribution in [3.8, 4) is 11.5 Å². The number of anilines is 1. The number of amides is 1. The number of Topliss-reactive ketones (excluding diaryl/α,β-unsaturated/α-hetero) is 1. The number of benzene rings is 2. The van der Waals surface area contributed by atoms with E-state index in [1.807, 2.05) is 45.0 Å². The second-order valence-corrected chi connectivity index (χ2v) is 8.19. The molecule has 1 amide bonds. The molecule has 4 rings (SSSR count). The fraction of sp³-hybridized carbons (Fsp3) is 0.308. The Morgan fingerprint density at radius 3 is 2.72 bits per heavy atom. The molecular weight excluding hydrogens is 404 g/mol. The number of aryl methyl sites for hydroxylation is 1. The van der Waals surface area contributed by atoms with Crippen molar-refractivity contribution in [3.63, 3.8) is 0 Å². The van der Waals surface area contributed by atoms with Crippen LogP contribution in [0.4, 0.5) is 5.69 Å². The number of nitrogens with one attached hydrogen (secondary N) is 2. The molecule has 2 aliphatic rings. The average molecular weight is 433 g/mol. The van der Waals surface area contributed by atoms with Gasteiger partial charge in [0.05, 0.1) is 6.61 Å². The van der Waals surface area contributed by atoms with E-state index in [2.05, 4.69) is 10.6 Å². The topological polar surface area (TPSA) is 87.7 Å². The van der Waals surface area contributed by atoms with Crippen molar-refractivity contribution < 1.29 is 19.4 Å². The molecule has 1 aliphatic heterocycles. The summed E-state index contributed by atoms with van der Waals surface area (Å²) in [5.74, 6) is -0.387. The van der Waals surface area contributed by atoms with Gasteiger partial charge in [0.15, 0.2) is 17.3 Å². The molecule has 1 aliphatic carbocycles. The summed E-state index contributed by atoms with van der Waals surface area (Å²) in [6.45, 7) is 6.04. The average Bonchev–Trinajstić information content (AvgIpc) is 2.76. The number of dihydropyridines is 1. The first kappa shape index (κ1) is 21.7. The van der Waals surface area contributed by atoms with Gasteiger partial charge in [-0.3, -0.25) is 9.59 Å². The number of ketones is 1. The first-order valence-electron chi connectivity index (χ1n) is 11.0. The summed E-state index contributed by atoms with van der Waals surface area (Å²) in [4.78, 5) is 26.6. The second kappa shape index (κ2) is 8.91. The lowest BCUT2D eigenvalue weighted by Gasteiger charge is -2.34. The van der Waals surface area contributed by atoms with Gasteiger partial charge >= 0.3 is 0 Å². The van der Waals surface area contributed by atoms with Crippen molar-refractivity contribution in [2.45, 2.75) is 46.0 Å². The number of hydrogen-bond acceptors (Lipinski definition) is 5. The number of phenolic OH excluding ortho intramolecular Hbond substituents is 1. The Balaban J connectivity index is 1.82. The van der Waals surface area contributed by atoms with Gasteiger partial charge < -0.3 is 20.5 Å². The van der Waals surface area contributed by atoms with Crippen molar-refractivity contribution in [1.82, 2.24) is 5.32 Å². The summed E-state index contributed by atoms with van der Waals surface area (Å²) in [6.07, 6.45) is 2.01. The van der Waals surface area contributed by atoms with Crippen LogP contribution in [0.2, 0.25) is 0 Å². The molecule has 1 atom stereocenters. The van der Waals surface area contributed by atoms with Gasteiger partial charge in [-0.1, -0.05) is 24.3 Å². The van der Waals surface area contributed by atoms with Crippen LogP contribution in [0.1, 0.15) is 50.2 Å². The molecule has 0 unspecified atom stereocenters. The lowest BCUT2D eigenvalue weighted by Crippen LogP contribution is -2.35. The Kier molecular flexibility index (Phi) is 6.04. The summed E-state index contributed by atoms with van der Waals surface area (Å²) >= 11 is 0. The fourth-order valence-electron chi connectivity index (χ4n) is 4.50. The molecule has 0 radical (unpaired) electrons. The van der Waals surface area contributed by atoms with E-state index in [1.165, 1.54) is 0 Å². The SMILES string of the molecule is CCOc1cc([C@@H]2C(C(=O)Nc3ccccc3C)=C(C)NC3=C2C(=O)CCC3)ccc1O. The number of phenols is 1. The van der Waals surface area contributed by atoms with Crippen molar-refractivity contribution in [2.24, 2.45) is 0 Å². The minimum atomic E-state index is -0.539. The van der Waals surface area contributed by atoms with E-state index >= 15 is 0 Å². The maximum atomic E-state index is 13.5. The number of allylic oxidation sites excluding steroid dienone is 3. The maximum absolute atomic E-state index is 13.5. The number of carbonyl (C=O) groups excluding carboxylic acids is 2. The smallest absolute Gasteiger partial charge is 0.254 e. The number of ether oxygens (including phenoxy) is 1. The van der Waals surface area contributed by atoms with Gasteiger partial charge in [0.2, 0.25) is 0 Å². The summed E-state index contributed by atoms with van der Waals surface area (Å²) < 4.78 is 5.58. The first-order valence-corrected chi connectivity index (χ1v) is 11.0. The predicted octanol–water partition coefficient (Wildman–Crippen LogP) is 4.71. The molecule has 0 aromatic heterocycles. The molecule has 6 heteroatoms. The molecule has 1 heterocycles. The van der Waals surface area contributed by atoms with Gasteiger partial charge in [-0.15, -0.1) is 0 Å². The minimum absolute atomic E-state index is 0.0281. The third-order valence-electron chi connectivity index (χ3n) is 6.03. The zero-order valence-corrected chi connectivity index (χ0v) is 18.6. The van der Waals surface area contributed by atoms with Crippen LogP contribution in [0.25, 0.3) is 0 Å². The Morgan fingerprint density at radius 1 is 1.19 bits per heavy atom. The third-order valence-corrected chi connectivity index (χ3v) is 6.03. The highest BCUT2D eigenvalue weighted by atomic mass is 16.5. The maximum Gasteiger partial charge on any atom is 0.254 e. The summed E-state index contributed by atoms with van der Waals surface area (Å²) in [7, 11) is 0. The molecule has 0 spiro atoms. The molecule has 0 fully saturated rings. The van der Waals surface area contributed by atoms with Gasteiger partial charge in [-0.2, -0.15) is 0 Å². The highest BCUT2D eigenvalue weighted by Gasteiger charge is 2.38. The second-order valence-electron chi connectivity index (χ2n) is 8.19. The van der Waals surface area contributed by atoms with Crippen LogP contribution in [0, 0.1) is 6.92 Å². The quantitative estimate of drug-likeness (QED) is 0.637. The molecule has 0 saturated carbocycles. The van der Waals surface area contributed by atoms with Gasteiger partial charge in [0.25, 0.3) is 5.91 Å². The molecular formula is C26H28N2O4. The van der Waals surface area contributed by atoms with Crippen LogP contribution >= 0.6 is 0 Å². The van der Waals surface area contributed by atoms with E-state index in [9.17, 15) is 14.7 Å². The van der Waals surface area contributed by atoms with Gasteiger partial charge in [0, 0.05) is 40.6 Å². The fourth-order valence-corrected chi connectivity index (χ4v) is 4.50. The standard InChI is InChI=1S/C26H28N2O4/c1-4-32-22-14-17(12-13-20(22)29)24-23(26(31)28-18-9-6-5-8-15(18)2)16(3)27-19-10-7-11-21(30)25(19)24/h5-6,8-9,12-14,24,27,29H,4,7,10-11H2,1-3H3,(H,28,31)/t24-/m1/s1. The minimum Gasteiger partial charge on any atom is -0.504 e. The highest BCUT2D eigenvalue weighted by molar-refractivity contribution is 6.10. The molecule has 0 saturated heterocycles. The van der Waals surface area contributed by atoms with E-state index < -0.39 is 5.92 Å². The van der Waals surface area contributed by atoms with E-state index in [-0.39, 0.29) is 17.4 Å². The van der Waals surface area contributed by atoms with Gasteiger partial charge in [-0.05, 0) is 62.9 Å². The van der Waals surface area contributed by atoms with Crippen LogP contribution in [0.15, 0.2) is 65.0 Å². The van der Waals surface area contributed by atoms with E-state index in [1.54, 1.807) is 18.2 Å². The van der Waals surface area contributed by atoms with Gasteiger partial charge in [0.1, 0.15) is 0 Å². The van der Waals surface area contributed by atoms with Crippen molar-refractivity contribution in [2.75, 3.05) is 11.9 Å². The number of rotatable bonds is 5. The lowest BCUT2D eigenvalue weighted by atomic mass is 9.75. The molecule has 166 valence electrons. The van der Waals surface area contributed by atoms with Crippen LogP contribution in [-0.4, -0.2) is 23.4 Å². The number of aromatic hydroxyl groups is 1. The van der Waals surface area contributed by atoms with Crippen LogP contribution in [-0.2, 0) is 9.59 Å². The normalized spacial score (nSPS) is 18.2. The number of hydrogen-bond donors (Lipinski definition) is 3. The van der Waals surface area contributed by atoms with Crippen molar-refractivity contribution in [1.29, 1.82) is 0 Å². The van der Waals surface area contributed by atoms with Crippen LogP contribution in [0.3, 0.4) is 0 Å². The van der Waals surface area contributed by atoms with Gasteiger partial charge in [-0.25, -0.2) is 0 Å². The Bertz CT molecular complexity index is 1150. The summed E-state index contributed by atoms with van der Waals surface area (Å²) in [6, 6.07) is 12.6.